The van der Waals surface area contributed by atoms with Crippen molar-refractivity contribution in [3.8, 4) is 11.5 Å². The number of rotatable bonds is 3. The fraction of sp³-hybridized carbons (Fsp3) is 0.167. The highest BCUT2D eigenvalue weighted by Crippen LogP contribution is 2.42. The Balaban J connectivity index is 1.36. The molecule has 2 aliphatic rings. The molecule has 2 aliphatic heterocycles. The lowest BCUT2D eigenvalue weighted by Gasteiger charge is -2.22. The summed E-state index contributed by atoms with van der Waals surface area (Å²) in [4.78, 5) is 29.3. The fourth-order valence-electron chi connectivity index (χ4n) is 3.73. The van der Waals surface area contributed by atoms with Crippen LogP contribution in [0.2, 0.25) is 0 Å². The third-order valence-electron chi connectivity index (χ3n) is 5.21. The Morgan fingerprint density at radius 2 is 1.66 bits per heavy atom. The van der Waals surface area contributed by atoms with E-state index in [-0.39, 0.29) is 11.9 Å². The maximum Gasteiger partial charge on any atom is 0.323 e. The molecule has 0 fully saturated rings. The molecule has 3 aromatic carbocycles. The van der Waals surface area contributed by atoms with Crippen LogP contribution in [0.3, 0.4) is 0 Å². The highest BCUT2D eigenvalue weighted by Gasteiger charge is 2.26. The lowest BCUT2D eigenvalue weighted by atomic mass is 10.1. The van der Waals surface area contributed by atoms with Gasteiger partial charge in [-0.25, -0.2) is 4.79 Å². The number of nitrogens with one attached hydrogen (secondary N) is 2. The normalized spacial score (nSPS) is 14.2. The lowest BCUT2D eigenvalue weighted by Crippen LogP contribution is -2.30. The third kappa shape index (κ3) is 3.85. The van der Waals surface area contributed by atoms with Crippen molar-refractivity contribution < 1.29 is 19.1 Å². The van der Waals surface area contributed by atoms with Crippen molar-refractivity contribution in [2.24, 2.45) is 0 Å². The van der Waals surface area contributed by atoms with Crippen LogP contribution in [-0.2, 0) is 0 Å². The summed E-state index contributed by atoms with van der Waals surface area (Å²) in [6.07, 6.45) is 0. The molecule has 0 aromatic heterocycles. The Kier molecular flexibility index (Phi) is 5.36. The van der Waals surface area contributed by atoms with E-state index in [1.165, 1.54) is 0 Å². The van der Waals surface area contributed by atoms with E-state index in [1.807, 2.05) is 49.4 Å². The number of amides is 3. The summed E-state index contributed by atoms with van der Waals surface area (Å²) in [7, 11) is 0. The number of carbonyl (C=O) groups excluding carboxylic acids is 2. The van der Waals surface area contributed by atoms with E-state index in [1.54, 1.807) is 34.9 Å². The lowest BCUT2D eigenvalue weighted by molar-refractivity contribution is 0.0985. The summed E-state index contributed by atoms with van der Waals surface area (Å²) >= 11 is 1.55. The van der Waals surface area contributed by atoms with Gasteiger partial charge < -0.3 is 25.0 Å². The summed E-state index contributed by atoms with van der Waals surface area (Å²) < 4.78 is 11.1. The van der Waals surface area contributed by atoms with Gasteiger partial charge in [0.15, 0.2) is 11.5 Å². The Bertz CT molecular complexity index is 1210. The molecule has 0 saturated heterocycles. The van der Waals surface area contributed by atoms with Crippen molar-refractivity contribution in [1.82, 2.24) is 0 Å². The first kappa shape index (κ1) is 20.3. The van der Waals surface area contributed by atoms with Gasteiger partial charge >= 0.3 is 6.03 Å². The summed E-state index contributed by atoms with van der Waals surface area (Å²) in [5, 5.41) is 5.66. The average molecular weight is 448 g/mol. The highest BCUT2D eigenvalue weighted by molar-refractivity contribution is 7.99. The highest BCUT2D eigenvalue weighted by atomic mass is 32.2. The van der Waals surface area contributed by atoms with E-state index in [9.17, 15) is 9.59 Å². The summed E-state index contributed by atoms with van der Waals surface area (Å²) in [5.74, 6) is 1.22. The number of anilines is 3. The second-order valence-electron chi connectivity index (χ2n) is 7.27. The van der Waals surface area contributed by atoms with Gasteiger partial charge in [0.25, 0.3) is 5.91 Å². The van der Waals surface area contributed by atoms with Gasteiger partial charge in [-0.2, -0.15) is 0 Å². The van der Waals surface area contributed by atoms with E-state index in [0.717, 1.165) is 15.5 Å². The van der Waals surface area contributed by atoms with Crippen LogP contribution in [0.25, 0.3) is 0 Å². The molecular formula is C24H21N3O4S. The van der Waals surface area contributed by atoms with Crippen LogP contribution in [0.15, 0.2) is 70.5 Å². The zero-order valence-corrected chi connectivity index (χ0v) is 18.2. The van der Waals surface area contributed by atoms with Crippen LogP contribution in [0, 0.1) is 0 Å². The van der Waals surface area contributed by atoms with Crippen LogP contribution < -0.4 is 25.0 Å². The molecule has 2 N–H and O–H groups in total. The van der Waals surface area contributed by atoms with Crippen molar-refractivity contribution in [2.45, 2.75) is 16.7 Å². The minimum absolute atomic E-state index is 0.0489. The molecule has 0 unspecified atom stereocenters. The van der Waals surface area contributed by atoms with Crippen molar-refractivity contribution >= 4 is 40.8 Å². The number of hydrogen-bond acceptors (Lipinski definition) is 5. The van der Waals surface area contributed by atoms with Gasteiger partial charge in [0.05, 0.1) is 11.3 Å². The molecule has 3 amide bonds. The number of nitrogens with zero attached hydrogens (tertiary/aromatic N) is 1. The topological polar surface area (TPSA) is 79.9 Å². The Morgan fingerprint density at radius 1 is 0.938 bits per heavy atom. The first-order valence-corrected chi connectivity index (χ1v) is 11.1. The summed E-state index contributed by atoms with van der Waals surface area (Å²) in [5.41, 5.74) is 2.65. The third-order valence-corrected chi connectivity index (χ3v) is 6.35. The largest absolute Gasteiger partial charge is 0.486 e. The van der Waals surface area contributed by atoms with E-state index in [0.29, 0.717) is 48.2 Å². The minimum Gasteiger partial charge on any atom is -0.486 e. The molecule has 0 radical (unpaired) electrons. The molecule has 7 nitrogen and oxygen atoms in total. The number of benzene rings is 3. The van der Waals surface area contributed by atoms with Gasteiger partial charge in [-0.1, -0.05) is 23.9 Å². The first-order chi connectivity index (χ1) is 15.6. The van der Waals surface area contributed by atoms with Crippen molar-refractivity contribution in [2.75, 3.05) is 35.3 Å². The molecule has 0 bridgehead atoms. The van der Waals surface area contributed by atoms with Gasteiger partial charge in [0.2, 0.25) is 0 Å². The van der Waals surface area contributed by atoms with E-state index in [4.69, 9.17) is 9.47 Å². The molecule has 0 saturated carbocycles. The Hall–Kier alpha value is -3.65. The Labute approximate surface area is 189 Å². The van der Waals surface area contributed by atoms with Crippen LogP contribution in [0.1, 0.15) is 17.3 Å². The van der Waals surface area contributed by atoms with Gasteiger partial charge in [0.1, 0.15) is 13.2 Å². The quantitative estimate of drug-likeness (QED) is 0.575. The van der Waals surface area contributed by atoms with Crippen LogP contribution in [0.5, 0.6) is 11.5 Å². The molecule has 0 atom stereocenters. The number of urea groups is 1. The summed E-state index contributed by atoms with van der Waals surface area (Å²) in [6, 6.07) is 18.1. The fourth-order valence-corrected chi connectivity index (χ4v) is 4.79. The summed E-state index contributed by atoms with van der Waals surface area (Å²) in [6.45, 7) is 3.45. The minimum atomic E-state index is -0.388. The molecule has 5 rings (SSSR count). The molecule has 162 valence electrons. The van der Waals surface area contributed by atoms with Crippen molar-refractivity contribution in [3.05, 3.63) is 66.2 Å². The smallest absolute Gasteiger partial charge is 0.323 e. The van der Waals surface area contributed by atoms with Crippen LogP contribution >= 0.6 is 11.8 Å². The number of carbonyl (C=O) groups is 2. The van der Waals surface area contributed by atoms with Crippen molar-refractivity contribution in [3.63, 3.8) is 0 Å². The second kappa shape index (κ2) is 8.47. The SMILES string of the molecule is CCN1C(=O)c2ccccc2Sc2ccc(NC(=O)Nc3ccc4c(c3)OCCO4)cc21. The van der Waals surface area contributed by atoms with Crippen LogP contribution in [0.4, 0.5) is 21.9 Å². The maximum atomic E-state index is 13.1. The van der Waals surface area contributed by atoms with Gasteiger partial charge in [-0.05, 0) is 49.4 Å². The molecular weight excluding hydrogens is 426 g/mol. The molecule has 32 heavy (non-hydrogen) atoms. The van der Waals surface area contributed by atoms with Gasteiger partial charge in [-0.15, -0.1) is 0 Å². The number of fused-ring (bicyclic) bond motifs is 3. The predicted octanol–water partition coefficient (Wildman–Crippen LogP) is 5.23. The zero-order chi connectivity index (χ0) is 22.1. The van der Waals surface area contributed by atoms with E-state index in [2.05, 4.69) is 10.6 Å². The monoisotopic (exact) mass is 447 g/mol. The van der Waals surface area contributed by atoms with Gasteiger partial charge in [-0.3, -0.25) is 4.79 Å². The number of ether oxygens (including phenoxy) is 2. The molecule has 0 spiro atoms. The molecule has 2 heterocycles. The maximum absolute atomic E-state index is 13.1. The van der Waals surface area contributed by atoms with Crippen LogP contribution in [-0.4, -0.2) is 31.7 Å². The second-order valence-corrected chi connectivity index (χ2v) is 8.35. The molecule has 3 aromatic rings. The predicted molar refractivity (Wildman–Crippen MR) is 124 cm³/mol. The van der Waals surface area contributed by atoms with E-state index >= 15 is 0 Å². The zero-order valence-electron chi connectivity index (χ0n) is 17.4. The first-order valence-electron chi connectivity index (χ1n) is 10.3. The van der Waals surface area contributed by atoms with E-state index < -0.39 is 0 Å². The number of hydrogen-bond donors (Lipinski definition) is 2. The standard InChI is InChI=1S/C24H21N3O4S/c1-2-27-18-13-15(8-10-22(18)32-21-6-4-3-5-17(21)23(27)28)25-24(29)26-16-7-9-19-20(14-16)31-12-11-30-19/h3-10,13-14H,2,11-12H2,1H3,(H2,25,26,29). The Morgan fingerprint density at radius 3 is 2.47 bits per heavy atom. The molecule has 8 heteroatoms. The average Bonchev–Trinajstić information content (AvgIpc) is 2.92. The van der Waals surface area contributed by atoms with Gasteiger partial charge in [0, 0.05) is 33.8 Å². The molecule has 0 aliphatic carbocycles. The van der Waals surface area contributed by atoms with Crippen molar-refractivity contribution in [1.29, 1.82) is 0 Å².